The summed E-state index contributed by atoms with van der Waals surface area (Å²) in [4.78, 5) is 22.6. The molecule has 0 spiro atoms. The van der Waals surface area contributed by atoms with Gasteiger partial charge in [-0.1, -0.05) is 6.58 Å². The maximum Gasteiger partial charge on any atom is 0.243 e. The molecule has 2 unspecified atom stereocenters. The zero-order valence-electron chi connectivity index (χ0n) is 13.6. The summed E-state index contributed by atoms with van der Waals surface area (Å²) in [7, 11) is 2.02. The molecule has 2 rings (SSSR count). The maximum atomic E-state index is 11.5. The van der Waals surface area contributed by atoms with Crippen molar-refractivity contribution in [1.29, 1.82) is 0 Å². The van der Waals surface area contributed by atoms with Crippen LogP contribution in [0.4, 0.5) is 11.8 Å². The van der Waals surface area contributed by atoms with Crippen molar-refractivity contribution >= 4 is 17.7 Å². The fourth-order valence-electron chi connectivity index (χ4n) is 2.75. The normalized spacial score (nSPS) is 20.5. The van der Waals surface area contributed by atoms with Gasteiger partial charge in [0.15, 0.2) is 0 Å². The Morgan fingerprint density at radius 3 is 2.91 bits per heavy atom. The van der Waals surface area contributed by atoms with E-state index in [4.69, 9.17) is 0 Å². The number of aromatic nitrogens is 2. The summed E-state index contributed by atoms with van der Waals surface area (Å²) in [5.74, 6) is 1.42. The van der Waals surface area contributed by atoms with Crippen molar-refractivity contribution in [3.8, 4) is 0 Å². The quantitative estimate of drug-likeness (QED) is 0.785. The van der Waals surface area contributed by atoms with Crippen LogP contribution in [-0.2, 0) is 4.79 Å². The number of nitrogens with zero attached hydrogens (tertiary/aromatic N) is 3. The second-order valence-electron chi connectivity index (χ2n) is 5.72. The molecule has 1 fully saturated rings. The van der Waals surface area contributed by atoms with E-state index < -0.39 is 0 Å². The molecule has 2 N–H and O–H groups in total. The fourth-order valence-corrected chi connectivity index (χ4v) is 2.75. The van der Waals surface area contributed by atoms with Crippen LogP contribution in [0.5, 0.6) is 0 Å². The molecule has 1 aliphatic carbocycles. The van der Waals surface area contributed by atoms with E-state index in [1.54, 1.807) is 0 Å². The molecule has 2 atom stereocenters. The predicted octanol–water partition coefficient (Wildman–Crippen LogP) is 1.88. The lowest BCUT2D eigenvalue weighted by molar-refractivity contribution is -0.117. The Morgan fingerprint density at radius 2 is 2.23 bits per heavy atom. The maximum absolute atomic E-state index is 11.5. The standard InChI is InChI=1S/C16H25N5O/c1-5-14(22)18-12-8-7-9-13(12)19-16-17-10-11(3)15(20-16)21(4)6-2/h5,10,12-13H,1,6-9H2,2-4H3,(H,18,22)(H,17,19,20). The van der Waals surface area contributed by atoms with Crippen molar-refractivity contribution in [1.82, 2.24) is 15.3 Å². The predicted molar refractivity (Wildman–Crippen MR) is 89.1 cm³/mol. The highest BCUT2D eigenvalue weighted by atomic mass is 16.1. The van der Waals surface area contributed by atoms with Crippen LogP contribution in [0.3, 0.4) is 0 Å². The number of aryl methyl sites for hydroxylation is 1. The summed E-state index contributed by atoms with van der Waals surface area (Å²) in [5.41, 5.74) is 1.05. The molecule has 1 saturated carbocycles. The molecule has 0 radical (unpaired) electrons. The Labute approximate surface area is 132 Å². The number of rotatable bonds is 6. The molecule has 1 heterocycles. The van der Waals surface area contributed by atoms with Gasteiger partial charge in [-0.25, -0.2) is 4.98 Å². The molecular weight excluding hydrogens is 278 g/mol. The van der Waals surface area contributed by atoms with E-state index in [2.05, 4.69) is 39.0 Å². The van der Waals surface area contributed by atoms with Gasteiger partial charge < -0.3 is 15.5 Å². The van der Waals surface area contributed by atoms with Crippen molar-refractivity contribution in [2.45, 2.75) is 45.2 Å². The average molecular weight is 303 g/mol. The van der Waals surface area contributed by atoms with Crippen LogP contribution in [0, 0.1) is 6.92 Å². The number of carbonyl (C=O) groups excluding carboxylic acids is 1. The number of hydrogen-bond acceptors (Lipinski definition) is 5. The SMILES string of the molecule is C=CC(=O)NC1CCCC1Nc1ncc(C)c(N(C)CC)n1. The van der Waals surface area contributed by atoms with E-state index in [0.29, 0.717) is 5.95 Å². The number of amides is 1. The van der Waals surface area contributed by atoms with Crippen molar-refractivity contribution < 1.29 is 4.79 Å². The molecule has 1 aromatic heterocycles. The first kappa shape index (κ1) is 16.3. The van der Waals surface area contributed by atoms with Gasteiger partial charge in [0.05, 0.1) is 0 Å². The number of nitrogens with one attached hydrogen (secondary N) is 2. The van der Waals surface area contributed by atoms with E-state index in [-0.39, 0.29) is 18.0 Å². The first-order valence-electron chi connectivity index (χ1n) is 7.79. The highest BCUT2D eigenvalue weighted by molar-refractivity contribution is 5.87. The van der Waals surface area contributed by atoms with Gasteiger partial charge in [-0.05, 0) is 39.2 Å². The van der Waals surface area contributed by atoms with E-state index in [1.165, 1.54) is 6.08 Å². The molecular formula is C16H25N5O. The van der Waals surface area contributed by atoms with Crippen molar-refractivity contribution in [3.05, 3.63) is 24.4 Å². The highest BCUT2D eigenvalue weighted by Crippen LogP contribution is 2.23. The highest BCUT2D eigenvalue weighted by Gasteiger charge is 2.28. The third kappa shape index (κ3) is 3.75. The molecule has 1 aliphatic rings. The Bertz CT molecular complexity index is 545. The second kappa shape index (κ2) is 7.24. The van der Waals surface area contributed by atoms with E-state index >= 15 is 0 Å². The molecule has 0 saturated heterocycles. The van der Waals surface area contributed by atoms with Crippen LogP contribution in [0.1, 0.15) is 31.7 Å². The van der Waals surface area contributed by atoms with Gasteiger partial charge in [0, 0.05) is 37.4 Å². The smallest absolute Gasteiger partial charge is 0.243 e. The van der Waals surface area contributed by atoms with E-state index in [0.717, 1.165) is 37.2 Å². The van der Waals surface area contributed by atoms with Crippen LogP contribution < -0.4 is 15.5 Å². The molecule has 0 aliphatic heterocycles. The Morgan fingerprint density at radius 1 is 1.50 bits per heavy atom. The fraction of sp³-hybridized carbons (Fsp3) is 0.562. The molecule has 120 valence electrons. The molecule has 22 heavy (non-hydrogen) atoms. The third-order valence-electron chi connectivity index (χ3n) is 4.12. The lowest BCUT2D eigenvalue weighted by atomic mass is 10.1. The summed E-state index contributed by atoms with van der Waals surface area (Å²) >= 11 is 0. The molecule has 0 bridgehead atoms. The Hall–Kier alpha value is -2.11. The molecule has 1 amide bonds. The largest absolute Gasteiger partial charge is 0.360 e. The van der Waals surface area contributed by atoms with Crippen LogP contribution in [0.25, 0.3) is 0 Å². The minimum absolute atomic E-state index is 0.0998. The zero-order valence-corrected chi connectivity index (χ0v) is 13.6. The first-order valence-corrected chi connectivity index (χ1v) is 7.79. The van der Waals surface area contributed by atoms with Crippen LogP contribution >= 0.6 is 0 Å². The minimum Gasteiger partial charge on any atom is -0.360 e. The molecule has 1 aromatic rings. The van der Waals surface area contributed by atoms with Gasteiger partial charge in [0.25, 0.3) is 0 Å². The van der Waals surface area contributed by atoms with Crippen LogP contribution in [0.2, 0.25) is 0 Å². The first-order chi connectivity index (χ1) is 10.5. The van der Waals surface area contributed by atoms with Gasteiger partial charge >= 0.3 is 0 Å². The van der Waals surface area contributed by atoms with Crippen LogP contribution in [0.15, 0.2) is 18.9 Å². The Kier molecular flexibility index (Phi) is 5.35. The van der Waals surface area contributed by atoms with Gasteiger partial charge in [-0.15, -0.1) is 0 Å². The summed E-state index contributed by atoms with van der Waals surface area (Å²) in [5, 5.41) is 6.34. The second-order valence-corrected chi connectivity index (χ2v) is 5.72. The lowest BCUT2D eigenvalue weighted by Gasteiger charge is -2.23. The minimum atomic E-state index is -0.130. The monoisotopic (exact) mass is 303 g/mol. The zero-order chi connectivity index (χ0) is 16.1. The molecule has 0 aromatic carbocycles. The number of carbonyl (C=O) groups is 1. The molecule has 6 heteroatoms. The summed E-state index contributed by atoms with van der Waals surface area (Å²) in [6.07, 6.45) is 6.19. The van der Waals surface area contributed by atoms with Gasteiger partial charge in [0.1, 0.15) is 5.82 Å². The van der Waals surface area contributed by atoms with Gasteiger partial charge in [-0.2, -0.15) is 4.98 Å². The third-order valence-corrected chi connectivity index (χ3v) is 4.12. The van der Waals surface area contributed by atoms with Crippen molar-refractivity contribution in [2.24, 2.45) is 0 Å². The Balaban J connectivity index is 2.09. The average Bonchev–Trinajstić information content (AvgIpc) is 2.95. The summed E-state index contributed by atoms with van der Waals surface area (Å²) in [6, 6.07) is 0.258. The topological polar surface area (TPSA) is 70.2 Å². The summed E-state index contributed by atoms with van der Waals surface area (Å²) < 4.78 is 0. The number of anilines is 2. The van der Waals surface area contributed by atoms with Crippen molar-refractivity contribution in [2.75, 3.05) is 23.8 Å². The molecule has 6 nitrogen and oxygen atoms in total. The van der Waals surface area contributed by atoms with Crippen molar-refractivity contribution in [3.63, 3.8) is 0 Å². The lowest BCUT2D eigenvalue weighted by Crippen LogP contribution is -2.43. The summed E-state index contributed by atoms with van der Waals surface area (Å²) in [6.45, 7) is 8.48. The van der Waals surface area contributed by atoms with Gasteiger partial charge in [0.2, 0.25) is 11.9 Å². The van der Waals surface area contributed by atoms with Gasteiger partial charge in [-0.3, -0.25) is 4.79 Å². The van der Waals surface area contributed by atoms with E-state index in [9.17, 15) is 4.79 Å². The van der Waals surface area contributed by atoms with E-state index in [1.807, 2.05) is 20.2 Å². The van der Waals surface area contributed by atoms with Crippen LogP contribution in [-0.4, -0.2) is 41.6 Å². The number of hydrogen-bond donors (Lipinski definition) is 2.